The van der Waals surface area contributed by atoms with Crippen LogP contribution in [0, 0.1) is 17.0 Å². The summed E-state index contributed by atoms with van der Waals surface area (Å²) >= 11 is 8.68. The molecule has 2 aromatic carbocycles. The van der Waals surface area contributed by atoms with Crippen molar-refractivity contribution in [3.63, 3.8) is 0 Å². The molecule has 26 heavy (non-hydrogen) atoms. The maximum atomic E-state index is 12.6. The van der Waals surface area contributed by atoms with Gasteiger partial charge in [-0.15, -0.1) is 11.3 Å². The predicted octanol–water partition coefficient (Wildman–Crippen LogP) is 5.63. The molecule has 0 spiro atoms. The van der Waals surface area contributed by atoms with Crippen molar-refractivity contribution in [2.45, 2.75) is 6.92 Å². The molecule has 0 aliphatic heterocycles. The summed E-state index contributed by atoms with van der Waals surface area (Å²) in [7, 11) is 0. The minimum atomic E-state index is -0.479. The Morgan fingerprint density at radius 1 is 1.27 bits per heavy atom. The first kappa shape index (κ1) is 16.9. The predicted molar refractivity (Wildman–Crippen MR) is 106 cm³/mol. The van der Waals surface area contributed by atoms with Crippen LogP contribution in [-0.4, -0.2) is 15.8 Å². The molecule has 9 heteroatoms. The van der Waals surface area contributed by atoms with Gasteiger partial charge in [0, 0.05) is 11.5 Å². The number of nitrogens with one attached hydrogen (secondary N) is 1. The van der Waals surface area contributed by atoms with Crippen LogP contribution >= 0.6 is 34.3 Å². The maximum Gasteiger partial charge on any atom is 0.287 e. The standard InChI is InChI=1S/C17H10ClN3O3S2/c1-8-5-6-10-12(7-8)25-17(19-10)20-16(22)15-13(18)9-3-2-4-11(21(23)24)14(9)26-15/h2-7H,1H3,(H,19,20,22). The molecule has 0 unspecified atom stereocenters. The summed E-state index contributed by atoms with van der Waals surface area (Å²) in [6.45, 7) is 1.99. The van der Waals surface area contributed by atoms with Gasteiger partial charge in [0.25, 0.3) is 11.6 Å². The Hall–Kier alpha value is -2.55. The van der Waals surface area contributed by atoms with Crippen LogP contribution in [0.15, 0.2) is 36.4 Å². The number of carbonyl (C=O) groups is 1. The molecule has 6 nitrogen and oxygen atoms in total. The van der Waals surface area contributed by atoms with Crippen molar-refractivity contribution in [1.82, 2.24) is 4.98 Å². The maximum absolute atomic E-state index is 12.6. The van der Waals surface area contributed by atoms with Crippen LogP contribution in [0.2, 0.25) is 5.02 Å². The molecular formula is C17H10ClN3O3S2. The van der Waals surface area contributed by atoms with E-state index < -0.39 is 10.8 Å². The molecule has 0 radical (unpaired) electrons. The number of non-ortho nitro benzene ring substituents is 1. The van der Waals surface area contributed by atoms with Gasteiger partial charge in [0.05, 0.1) is 20.2 Å². The number of aromatic nitrogens is 1. The third-order valence-corrected chi connectivity index (χ3v) is 6.47. The second kappa shape index (κ2) is 6.31. The number of carbonyl (C=O) groups excluding carboxylic acids is 1. The first-order chi connectivity index (χ1) is 12.4. The highest BCUT2D eigenvalue weighted by molar-refractivity contribution is 7.23. The van der Waals surface area contributed by atoms with Gasteiger partial charge in [0.1, 0.15) is 9.58 Å². The number of aryl methyl sites for hydroxylation is 1. The lowest BCUT2D eigenvalue weighted by Gasteiger charge is -1.98. The molecule has 130 valence electrons. The smallest absolute Gasteiger partial charge is 0.287 e. The highest BCUT2D eigenvalue weighted by atomic mass is 35.5. The van der Waals surface area contributed by atoms with Crippen LogP contribution in [0.25, 0.3) is 20.3 Å². The zero-order valence-corrected chi connectivity index (χ0v) is 15.7. The normalized spacial score (nSPS) is 11.2. The molecule has 4 rings (SSSR count). The molecule has 0 atom stereocenters. The summed E-state index contributed by atoms with van der Waals surface area (Å²) in [6, 6.07) is 10.5. The lowest BCUT2D eigenvalue weighted by molar-refractivity contribution is -0.382. The summed E-state index contributed by atoms with van der Waals surface area (Å²) in [6.07, 6.45) is 0. The molecule has 1 amide bonds. The van der Waals surface area contributed by atoms with Crippen molar-refractivity contribution >= 4 is 71.3 Å². The van der Waals surface area contributed by atoms with Crippen LogP contribution in [-0.2, 0) is 0 Å². The Morgan fingerprint density at radius 3 is 2.85 bits per heavy atom. The molecule has 0 aliphatic carbocycles. The van der Waals surface area contributed by atoms with Gasteiger partial charge in [-0.3, -0.25) is 20.2 Å². The van der Waals surface area contributed by atoms with Gasteiger partial charge >= 0.3 is 0 Å². The topological polar surface area (TPSA) is 85.1 Å². The van der Waals surface area contributed by atoms with Gasteiger partial charge in [-0.1, -0.05) is 41.1 Å². The molecule has 0 aliphatic rings. The molecule has 2 aromatic heterocycles. The van der Waals surface area contributed by atoms with Gasteiger partial charge in [-0.25, -0.2) is 4.98 Å². The fraction of sp³-hybridized carbons (Fsp3) is 0.0588. The Labute approximate surface area is 160 Å². The molecule has 2 heterocycles. The number of rotatable bonds is 3. The SMILES string of the molecule is Cc1ccc2nc(NC(=O)c3sc4c([N+](=O)[O-])cccc4c3Cl)sc2c1. The number of nitro groups is 1. The molecule has 0 saturated carbocycles. The summed E-state index contributed by atoms with van der Waals surface area (Å²) in [4.78, 5) is 28.0. The number of amides is 1. The number of hydrogen-bond donors (Lipinski definition) is 1. The van der Waals surface area contributed by atoms with E-state index in [2.05, 4.69) is 10.3 Å². The molecule has 1 N–H and O–H groups in total. The van der Waals surface area contributed by atoms with E-state index in [0.717, 1.165) is 27.1 Å². The number of nitro benzene ring substituents is 1. The number of anilines is 1. The largest absolute Gasteiger partial charge is 0.297 e. The van der Waals surface area contributed by atoms with Crippen LogP contribution in [0.4, 0.5) is 10.8 Å². The fourth-order valence-electron chi connectivity index (χ4n) is 2.60. The summed E-state index contributed by atoms with van der Waals surface area (Å²) < 4.78 is 1.35. The van der Waals surface area contributed by atoms with Gasteiger partial charge in [-0.2, -0.15) is 0 Å². The van der Waals surface area contributed by atoms with Gasteiger partial charge in [-0.05, 0) is 24.6 Å². The van der Waals surface area contributed by atoms with Crippen LogP contribution in [0.1, 0.15) is 15.2 Å². The monoisotopic (exact) mass is 403 g/mol. The first-order valence-electron chi connectivity index (χ1n) is 7.48. The molecular weight excluding hydrogens is 394 g/mol. The van der Waals surface area contributed by atoms with E-state index in [-0.39, 0.29) is 15.6 Å². The van der Waals surface area contributed by atoms with E-state index in [0.29, 0.717) is 15.2 Å². The number of hydrogen-bond acceptors (Lipinski definition) is 6. The van der Waals surface area contributed by atoms with Gasteiger partial charge < -0.3 is 0 Å². The van der Waals surface area contributed by atoms with Crippen LogP contribution in [0.3, 0.4) is 0 Å². The highest BCUT2D eigenvalue weighted by Crippen LogP contribution is 2.40. The van der Waals surface area contributed by atoms with Crippen molar-refractivity contribution in [3.8, 4) is 0 Å². The van der Waals surface area contributed by atoms with Crippen LogP contribution in [0.5, 0.6) is 0 Å². The number of halogens is 1. The number of thiophene rings is 1. The van der Waals surface area contributed by atoms with Crippen molar-refractivity contribution in [2.24, 2.45) is 0 Å². The number of fused-ring (bicyclic) bond motifs is 2. The fourth-order valence-corrected chi connectivity index (χ4v) is 5.05. The van der Waals surface area contributed by atoms with Crippen molar-refractivity contribution in [2.75, 3.05) is 5.32 Å². The average molecular weight is 404 g/mol. The summed E-state index contributed by atoms with van der Waals surface area (Å²) in [5.74, 6) is -0.429. The third-order valence-electron chi connectivity index (χ3n) is 3.80. The lowest BCUT2D eigenvalue weighted by atomic mass is 10.2. The van der Waals surface area contributed by atoms with E-state index >= 15 is 0 Å². The summed E-state index contributed by atoms with van der Waals surface area (Å²) in [5.41, 5.74) is 1.84. The molecule has 4 aromatic rings. The Balaban J connectivity index is 1.72. The van der Waals surface area contributed by atoms with E-state index in [1.54, 1.807) is 12.1 Å². The first-order valence-corrected chi connectivity index (χ1v) is 9.49. The van der Waals surface area contributed by atoms with E-state index in [1.807, 2.05) is 25.1 Å². The zero-order valence-electron chi connectivity index (χ0n) is 13.3. The van der Waals surface area contributed by atoms with Gasteiger partial charge in [0.15, 0.2) is 5.13 Å². The van der Waals surface area contributed by atoms with E-state index in [4.69, 9.17) is 11.6 Å². The molecule has 0 fully saturated rings. The summed E-state index contributed by atoms with van der Waals surface area (Å²) in [5, 5.41) is 15.1. The van der Waals surface area contributed by atoms with Gasteiger partial charge in [0.2, 0.25) is 0 Å². The highest BCUT2D eigenvalue weighted by Gasteiger charge is 2.23. The van der Waals surface area contributed by atoms with Crippen LogP contribution < -0.4 is 5.32 Å². The number of nitrogens with zero attached hydrogens (tertiary/aromatic N) is 2. The average Bonchev–Trinajstić information content (AvgIpc) is 3.14. The second-order valence-electron chi connectivity index (χ2n) is 5.60. The van der Waals surface area contributed by atoms with Crippen molar-refractivity contribution < 1.29 is 9.72 Å². The lowest BCUT2D eigenvalue weighted by Crippen LogP contribution is -2.10. The number of thiazole rings is 1. The van der Waals surface area contributed by atoms with Crippen molar-refractivity contribution in [1.29, 1.82) is 0 Å². The minimum Gasteiger partial charge on any atom is -0.297 e. The van der Waals surface area contributed by atoms with E-state index in [1.165, 1.54) is 17.4 Å². The Morgan fingerprint density at radius 2 is 2.08 bits per heavy atom. The van der Waals surface area contributed by atoms with E-state index in [9.17, 15) is 14.9 Å². The van der Waals surface area contributed by atoms with Crippen molar-refractivity contribution in [3.05, 3.63) is 62.0 Å². The molecule has 0 bridgehead atoms. The Bertz CT molecular complexity index is 1200. The Kier molecular flexibility index (Phi) is 4.10. The minimum absolute atomic E-state index is 0.0658. The third kappa shape index (κ3) is 2.82. The second-order valence-corrected chi connectivity index (χ2v) is 8.03. The quantitative estimate of drug-likeness (QED) is 0.354. The zero-order chi connectivity index (χ0) is 18.4. The molecule has 0 saturated heterocycles. The number of benzene rings is 2.